The maximum Gasteiger partial charge on any atom is 0.236 e. The predicted molar refractivity (Wildman–Crippen MR) is 117 cm³/mol. The van der Waals surface area contributed by atoms with Crippen molar-refractivity contribution in [3.63, 3.8) is 0 Å². The van der Waals surface area contributed by atoms with Gasteiger partial charge in [0.1, 0.15) is 17.8 Å². The number of carbonyl (C=O) groups is 2. The van der Waals surface area contributed by atoms with Crippen molar-refractivity contribution in [2.45, 2.75) is 32.7 Å². The molecule has 3 aromatic heterocycles. The summed E-state index contributed by atoms with van der Waals surface area (Å²) in [7, 11) is 0. The Hall–Kier alpha value is -3.73. The molecule has 1 amide bonds. The first-order valence-corrected chi connectivity index (χ1v) is 10.3. The standard InChI is InChI=1S/C23H24N6O2/c1-14-10-16(13-29(12-14)21(31)6-8-24)27-22-17-7-9-25-23(17)26-11-18(22)20-5-3-4-19(28-20)15(2)30/h3-5,7,9,11,14,16H,6,10,12-13H2,1-2H3,(H2,25,26,27)/t14-,16+/m0/s1. The Bertz CT molecular complexity index is 1180. The molecule has 0 aliphatic carbocycles. The van der Waals surface area contributed by atoms with E-state index in [9.17, 15) is 9.59 Å². The molecule has 31 heavy (non-hydrogen) atoms. The molecule has 0 radical (unpaired) electrons. The highest BCUT2D eigenvalue weighted by molar-refractivity contribution is 5.98. The molecule has 0 saturated carbocycles. The number of anilines is 1. The third-order valence-corrected chi connectivity index (χ3v) is 5.56. The molecule has 0 bridgehead atoms. The highest BCUT2D eigenvalue weighted by Gasteiger charge is 2.28. The number of carbonyl (C=O) groups excluding carboxylic acids is 2. The van der Waals surface area contributed by atoms with Crippen LogP contribution in [0.5, 0.6) is 0 Å². The van der Waals surface area contributed by atoms with E-state index in [0.29, 0.717) is 30.4 Å². The van der Waals surface area contributed by atoms with Crippen LogP contribution in [0, 0.1) is 17.2 Å². The summed E-state index contributed by atoms with van der Waals surface area (Å²) in [5.41, 5.74) is 3.47. The summed E-state index contributed by atoms with van der Waals surface area (Å²) in [5, 5.41) is 13.4. The second-order valence-electron chi connectivity index (χ2n) is 8.07. The van der Waals surface area contributed by atoms with E-state index in [0.717, 1.165) is 28.7 Å². The number of H-pyrrole nitrogens is 1. The van der Waals surface area contributed by atoms with Gasteiger partial charge in [-0.05, 0) is 30.5 Å². The molecule has 8 nitrogen and oxygen atoms in total. The number of nitrogens with one attached hydrogen (secondary N) is 2. The number of aromatic amines is 1. The van der Waals surface area contributed by atoms with Crippen LogP contribution < -0.4 is 5.32 Å². The smallest absolute Gasteiger partial charge is 0.236 e. The number of likely N-dealkylation sites (tertiary alicyclic amines) is 1. The Morgan fingerprint density at radius 2 is 2.16 bits per heavy atom. The number of hydrogen-bond donors (Lipinski definition) is 2. The van der Waals surface area contributed by atoms with Gasteiger partial charge in [-0.3, -0.25) is 9.59 Å². The van der Waals surface area contributed by atoms with Gasteiger partial charge in [-0.15, -0.1) is 0 Å². The quantitative estimate of drug-likeness (QED) is 0.616. The minimum absolute atomic E-state index is 0.0154. The molecule has 0 aromatic carbocycles. The first-order valence-electron chi connectivity index (χ1n) is 10.3. The van der Waals surface area contributed by atoms with E-state index in [-0.39, 0.29) is 24.2 Å². The fraction of sp³-hybridized carbons (Fsp3) is 0.348. The lowest BCUT2D eigenvalue weighted by atomic mass is 9.94. The highest BCUT2D eigenvalue weighted by atomic mass is 16.2. The van der Waals surface area contributed by atoms with E-state index < -0.39 is 0 Å². The zero-order valence-corrected chi connectivity index (χ0v) is 17.6. The molecular weight excluding hydrogens is 392 g/mol. The number of aromatic nitrogens is 3. The number of amides is 1. The lowest BCUT2D eigenvalue weighted by molar-refractivity contribution is -0.132. The number of pyridine rings is 2. The van der Waals surface area contributed by atoms with E-state index >= 15 is 0 Å². The van der Waals surface area contributed by atoms with Crippen LogP contribution in [0.1, 0.15) is 37.2 Å². The largest absolute Gasteiger partial charge is 0.379 e. The van der Waals surface area contributed by atoms with Crippen LogP contribution in [0.4, 0.5) is 5.69 Å². The first-order chi connectivity index (χ1) is 15.0. The van der Waals surface area contributed by atoms with Crippen molar-refractivity contribution in [2.24, 2.45) is 5.92 Å². The van der Waals surface area contributed by atoms with Gasteiger partial charge in [0, 0.05) is 49.4 Å². The molecular formula is C23H24N6O2. The molecule has 4 heterocycles. The Balaban J connectivity index is 1.71. The van der Waals surface area contributed by atoms with Gasteiger partial charge in [0.15, 0.2) is 5.78 Å². The minimum atomic E-state index is -0.140. The van der Waals surface area contributed by atoms with E-state index in [1.165, 1.54) is 6.92 Å². The van der Waals surface area contributed by atoms with Crippen molar-refractivity contribution in [3.8, 4) is 17.3 Å². The third kappa shape index (κ3) is 4.26. The SMILES string of the molecule is CC(=O)c1cccc(-c2cnc3[nH]ccc3c2N[C@@H]2C[C@H](C)CN(C(=O)CC#N)C2)n1. The maximum atomic E-state index is 12.3. The Morgan fingerprint density at radius 1 is 1.32 bits per heavy atom. The van der Waals surface area contributed by atoms with Crippen LogP contribution in [0.2, 0.25) is 0 Å². The first kappa shape index (κ1) is 20.5. The average Bonchev–Trinajstić information content (AvgIpc) is 3.23. The summed E-state index contributed by atoms with van der Waals surface area (Å²) >= 11 is 0. The normalized spacial score (nSPS) is 18.5. The van der Waals surface area contributed by atoms with Crippen molar-refractivity contribution in [1.29, 1.82) is 5.26 Å². The molecule has 4 rings (SSSR count). The van der Waals surface area contributed by atoms with Crippen LogP contribution in [0.3, 0.4) is 0 Å². The fourth-order valence-electron chi connectivity index (χ4n) is 4.18. The van der Waals surface area contributed by atoms with Gasteiger partial charge in [-0.25, -0.2) is 9.97 Å². The number of Topliss-reactive ketones (excluding diaryl/α,β-unsaturated/α-hetero) is 1. The van der Waals surface area contributed by atoms with Gasteiger partial charge in [0.05, 0.1) is 17.5 Å². The molecule has 1 aliphatic heterocycles. The van der Waals surface area contributed by atoms with Gasteiger partial charge in [-0.1, -0.05) is 13.0 Å². The number of hydrogen-bond acceptors (Lipinski definition) is 6. The highest BCUT2D eigenvalue weighted by Crippen LogP contribution is 2.34. The molecule has 158 valence electrons. The molecule has 1 fully saturated rings. The van der Waals surface area contributed by atoms with Crippen molar-refractivity contribution < 1.29 is 9.59 Å². The maximum absolute atomic E-state index is 12.3. The minimum Gasteiger partial charge on any atom is -0.379 e. The molecule has 3 aromatic rings. The van der Waals surface area contributed by atoms with Gasteiger partial charge in [0.2, 0.25) is 5.91 Å². The van der Waals surface area contributed by atoms with Crippen LogP contribution in [-0.2, 0) is 4.79 Å². The van der Waals surface area contributed by atoms with E-state index in [2.05, 4.69) is 27.2 Å². The van der Waals surface area contributed by atoms with Crippen molar-refractivity contribution in [1.82, 2.24) is 19.9 Å². The van der Waals surface area contributed by atoms with E-state index in [4.69, 9.17) is 5.26 Å². The molecule has 0 spiro atoms. The number of ketones is 1. The number of rotatable bonds is 5. The Labute approximate surface area is 180 Å². The molecule has 2 N–H and O–H groups in total. The van der Waals surface area contributed by atoms with Crippen LogP contribution in [0.15, 0.2) is 36.7 Å². The molecule has 8 heteroatoms. The van der Waals surface area contributed by atoms with Gasteiger partial charge >= 0.3 is 0 Å². The third-order valence-electron chi connectivity index (χ3n) is 5.56. The predicted octanol–water partition coefficient (Wildman–Crippen LogP) is 3.39. The van der Waals surface area contributed by atoms with Crippen LogP contribution in [0.25, 0.3) is 22.3 Å². The Morgan fingerprint density at radius 3 is 2.94 bits per heavy atom. The van der Waals surface area contributed by atoms with Crippen molar-refractivity contribution in [3.05, 3.63) is 42.4 Å². The Kier molecular flexibility index (Phi) is 5.67. The van der Waals surface area contributed by atoms with Gasteiger partial charge in [-0.2, -0.15) is 5.26 Å². The zero-order chi connectivity index (χ0) is 22.0. The summed E-state index contributed by atoms with van der Waals surface area (Å²) in [6, 6.07) is 9.29. The monoisotopic (exact) mass is 416 g/mol. The number of fused-ring (bicyclic) bond motifs is 1. The molecule has 1 saturated heterocycles. The summed E-state index contributed by atoms with van der Waals surface area (Å²) < 4.78 is 0. The summed E-state index contributed by atoms with van der Waals surface area (Å²) in [5.74, 6) is 0.0678. The molecule has 0 unspecified atom stereocenters. The van der Waals surface area contributed by atoms with Gasteiger partial charge < -0.3 is 15.2 Å². The number of nitriles is 1. The molecule has 2 atom stereocenters. The van der Waals surface area contributed by atoms with Gasteiger partial charge in [0.25, 0.3) is 0 Å². The van der Waals surface area contributed by atoms with Crippen LogP contribution in [-0.4, -0.2) is 50.7 Å². The second-order valence-corrected chi connectivity index (χ2v) is 8.07. The van der Waals surface area contributed by atoms with Crippen molar-refractivity contribution in [2.75, 3.05) is 18.4 Å². The van der Waals surface area contributed by atoms with Crippen LogP contribution >= 0.6 is 0 Å². The topological polar surface area (TPSA) is 115 Å². The summed E-state index contributed by atoms with van der Waals surface area (Å²) in [4.78, 5) is 38.1. The second kappa shape index (κ2) is 8.56. The number of nitrogens with zero attached hydrogens (tertiary/aromatic N) is 4. The summed E-state index contributed by atoms with van der Waals surface area (Å²) in [6.07, 6.45) is 4.37. The van der Waals surface area contributed by atoms with E-state index in [1.807, 2.05) is 30.5 Å². The lowest BCUT2D eigenvalue weighted by Gasteiger charge is -2.37. The van der Waals surface area contributed by atoms with E-state index in [1.54, 1.807) is 17.2 Å². The number of piperidine rings is 1. The zero-order valence-electron chi connectivity index (χ0n) is 17.6. The average molecular weight is 416 g/mol. The lowest BCUT2D eigenvalue weighted by Crippen LogP contribution is -2.48. The summed E-state index contributed by atoms with van der Waals surface area (Å²) in [6.45, 7) is 4.79. The molecule has 1 aliphatic rings. The fourth-order valence-corrected chi connectivity index (χ4v) is 4.18. The van der Waals surface area contributed by atoms with Crippen molar-refractivity contribution >= 4 is 28.4 Å².